The van der Waals surface area contributed by atoms with Gasteiger partial charge in [0.25, 0.3) is 0 Å². The van der Waals surface area contributed by atoms with Gasteiger partial charge >= 0.3 is 0 Å². The van der Waals surface area contributed by atoms with Crippen molar-refractivity contribution in [2.45, 2.75) is 25.4 Å². The van der Waals surface area contributed by atoms with Crippen molar-refractivity contribution in [3.05, 3.63) is 57.8 Å². The zero-order chi connectivity index (χ0) is 14.8. The first-order chi connectivity index (χ1) is 10.1. The molecule has 1 aliphatic rings. The number of halogens is 2. The van der Waals surface area contributed by atoms with Gasteiger partial charge in [0.15, 0.2) is 5.78 Å². The molecule has 1 aliphatic carbocycles. The molecular weight excluding hydrogens is 292 g/mol. The van der Waals surface area contributed by atoms with E-state index in [1.165, 1.54) is 4.88 Å². The van der Waals surface area contributed by atoms with Crippen LogP contribution in [-0.2, 0) is 6.54 Å². The van der Waals surface area contributed by atoms with E-state index >= 15 is 0 Å². The molecule has 2 aromatic rings. The van der Waals surface area contributed by atoms with Gasteiger partial charge in [-0.2, -0.15) is 0 Å². The Morgan fingerprint density at radius 2 is 2.10 bits per heavy atom. The second kappa shape index (κ2) is 6.03. The fourth-order valence-corrected chi connectivity index (χ4v) is 3.07. The van der Waals surface area contributed by atoms with Gasteiger partial charge < -0.3 is 0 Å². The van der Waals surface area contributed by atoms with Crippen molar-refractivity contribution >= 4 is 17.1 Å². The van der Waals surface area contributed by atoms with Crippen LogP contribution in [0.2, 0.25) is 0 Å². The van der Waals surface area contributed by atoms with E-state index in [0.29, 0.717) is 12.6 Å². The molecule has 0 N–H and O–H groups in total. The summed E-state index contributed by atoms with van der Waals surface area (Å²) in [5.74, 6) is -1.61. The molecule has 110 valence electrons. The first-order valence-electron chi connectivity index (χ1n) is 6.88. The Bertz CT molecular complexity index is 638. The van der Waals surface area contributed by atoms with Gasteiger partial charge in [0, 0.05) is 17.5 Å². The first kappa shape index (κ1) is 14.4. The van der Waals surface area contributed by atoms with Gasteiger partial charge in [0.05, 0.1) is 12.1 Å². The summed E-state index contributed by atoms with van der Waals surface area (Å²) in [5, 5.41) is 1.99. The molecule has 2 nitrogen and oxygen atoms in total. The Kier molecular flexibility index (Phi) is 4.12. The Balaban J connectivity index is 1.73. The summed E-state index contributed by atoms with van der Waals surface area (Å²) in [5.41, 5.74) is -0.160. The van der Waals surface area contributed by atoms with E-state index < -0.39 is 11.6 Å². The third-order valence-corrected chi connectivity index (χ3v) is 4.44. The average molecular weight is 307 g/mol. The van der Waals surface area contributed by atoms with Crippen LogP contribution in [0, 0.1) is 11.6 Å². The van der Waals surface area contributed by atoms with Crippen molar-refractivity contribution in [1.29, 1.82) is 0 Å². The standard InChI is InChI=1S/C16H15F2NOS/c17-11-3-6-15(18)14(8-11)16(20)10-19(12-4-5-12)9-13-2-1-7-21-13/h1-3,6-8,12H,4-5,9-10H2. The van der Waals surface area contributed by atoms with Gasteiger partial charge in [-0.05, 0) is 42.5 Å². The highest BCUT2D eigenvalue weighted by Crippen LogP contribution is 2.29. The maximum absolute atomic E-state index is 13.7. The number of rotatable bonds is 6. The largest absolute Gasteiger partial charge is 0.293 e. The van der Waals surface area contributed by atoms with Crippen LogP contribution in [0.3, 0.4) is 0 Å². The fourth-order valence-electron chi connectivity index (χ4n) is 2.34. The van der Waals surface area contributed by atoms with Crippen LogP contribution in [0.25, 0.3) is 0 Å². The topological polar surface area (TPSA) is 20.3 Å². The molecule has 0 radical (unpaired) electrons. The van der Waals surface area contributed by atoms with E-state index in [1.54, 1.807) is 11.3 Å². The molecular formula is C16H15F2NOS. The molecule has 0 aliphatic heterocycles. The van der Waals surface area contributed by atoms with Crippen LogP contribution in [0.15, 0.2) is 35.7 Å². The molecule has 3 rings (SSSR count). The number of Topliss-reactive ketones (excluding diaryl/α,β-unsaturated/α-hetero) is 1. The molecule has 21 heavy (non-hydrogen) atoms. The van der Waals surface area contributed by atoms with Crippen LogP contribution in [0.5, 0.6) is 0 Å². The molecule has 0 unspecified atom stereocenters. The summed E-state index contributed by atoms with van der Waals surface area (Å²) in [6, 6.07) is 7.38. The second-order valence-corrected chi connectivity index (χ2v) is 6.30. The second-order valence-electron chi connectivity index (χ2n) is 5.26. The van der Waals surface area contributed by atoms with Crippen molar-refractivity contribution in [1.82, 2.24) is 4.90 Å². The third-order valence-electron chi connectivity index (χ3n) is 3.58. The van der Waals surface area contributed by atoms with E-state index in [-0.39, 0.29) is 17.9 Å². The van der Waals surface area contributed by atoms with E-state index in [4.69, 9.17) is 0 Å². The van der Waals surface area contributed by atoms with Crippen molar-refractivity contribution in [2.24, 2.45) is 0 Å². The molecule has 0 saturated heterocycles. The molecule has 1 aromatic carbocycles. The van der Waals surface area contributed by atoms with Crippen LogP contribution in [0.4, 0.5) is 8.78 Å². The normalized spacial score (nSPS) is 14.6. The summed E-state index contributed by atoms with van der Waals surface area (Å²) >= 11 is 1.64. The molecule has 0 atom stereocenters. The Morgan fingerprint density at radius 1 is 1.29 bits per heavy atom. The average Bonchev–Trinajstić information content (AvgIpc) is 3.19. The number of hydrogen-bond donors (Lipinski definition) is 0. The van der Waals surface area contributed by atoms with Crippen LogP contribution < -0.4 is 0 Å². The number of carbonyl (C=O) groups is 1. The van der Waals surface area contributed by atoms with E-state index in [9.17, 15) is 13.6 Å². The quantitative estimate of drug-likeness (QED) is 0.755. The summed E-state index contributed by atoms with van der Waals surface area (Å²) in [6.45, 7) is 0.813. The molecule has 1 saturated carbocycles. The molecule has 0 spiro atoms. The number of benzene rings is 1. The number of ketones is 1. The molecule has 0 bridgehead atoms. The minimum Gasteiger partial charge on any atom is -0.293 e. The molecule has 0 amide bonds. The summed E-state index contributed by atoms with van der Waals surface area (Å²) in [4.78, 5) is 15.5. The summed E-state index contributed by atoms with van der Waals surface area (Å²) in [6.07, 6.45) is 2.12. The molecule has 5 heteroatoms. The minimum absolute atomic E-state index is 0.128. The predicted octanol–water partition coefficient (Wildman–Crippen LogP) is 3.87. The lowest BCUT2D eigenvalue weighted by atomic mass is 10.1. The highest BCUT2D eigenvalue weighted by molar-refractivity contribution is 7.09. The zero-order valence-electron chi connectivity index (χ0n) is 11.4. The van der Waals surface area contributed by atoms with E-state index in [0.717, 1.165) is 31.0 Å². The minimum atomic E-state index is -0.659. The lowest BCUT2D eigenvalue weighted by Crippen LogP contribution is -2.31. The van der Waals surface area contributed by atoms with Crippen molar-refractivity contribution in [3.8, 4) is 0 Å². The van der Waals surface area contributed by atoms with Crippen LogP contribution in [-0.4, -0.2) is 23.3 Å². The molecule has 1 aromatic heterocycles. The summed E-state index contributed by atoms with van der Waals surface area (Å²) < 4.78 is 26.9. The highest BCUT2D eigenvalue weighted by Gasteiger charge is 2.31. The van der Waals surface area contributed by atoms with Gasteiger partial charge in [-0.25, -0.2) is 8.78 Å². The lowest BCUT2D eigenvalue weighted by molar-refractivity contribution is 0.0915. The smallest absolute Gasteiger partial charge is 0.179 e. The van der Waals surface area contributed by atoms with Gasteiger partial charge in [0.2, 0.25) is 0 Å². The van der Waals surface area contributed by atoms with E-state index in [2.05, 4.69) is 4.90 Å². The van der Waals surface area contributed by atoms with Gasteiger partial charge in [-0.1, -0.05) is 6.07 Å². The predicted molar refractivity (Wildman–Crippen MR) is 78.4 cm³/mol. The molecule has 1 fully saturated rings. The van der Waals surface area contributed by atoms with Crippen molar-refractivity contribution in [2.75, 3.05) is 6.54 Å². The van der Waals surface area contributed by atoms with Gasteiger partial charge in [-0.15, -0.1) is 11.3 Å². The Hall–Kier alpha value is -1.59. The van der Waals surface area contributed by atoms with Crippen LogP contribution >= 0.6 is 11.3 Å². The lowest BCUT2D eigenvalue weighted by Gasteiger charge is -2.20. The fraction of sp³-hybridized carbons (Fsp3) is 0.312. The van der Waals surface area contributed by atoms with Crippen molar-refractivity contribution in [3.63, 3.8) is 0 Å². The number of thiophene rings is 1. The van der Waals surface area contributed by atoms with Crippen LogP contribution in [0.1, 0.15) is 28.1 Å². The van der Waals surface area contributed by atoms with Gasteiger partial charge in [-0.3, -0.25) is 9.69 Å². The Labute approximate surface area is 126 Å². The molecule has 1 heterocycles. The SMILES string of the molecule is O=C(CN(Cc1cccs1)C1CC1)c1cc(F)ccc1F. The highest BCUT2D eigenvalue weighted by atomic mass is 32.1. The first-order valence-corrected chi connectivity index (χ1v) is 7.76. The number of hydrogen-bond acceptors (Lipinski definition) is 3. The maximum Gasteiger partial charge on any atom is 0.179 e. The Morgan fingerprint density at radius 3 is 2.76 bits per heavy atom. The maximum atomic E-state index is 13.7. The zero-order valence-corrected chi connectivity index (χ0v) is 12.2. The van der Waals surface area contributed by atoms with E-state index in [1.807, 2.05) is 17.5 Å². The summed E-state index contributed by atoms with van der Waals surface area (Å²) in [7, 11) is 0. The van der Waals surface area contributed by atoms with Gasteiger partial charge in [0.1, 0.15) is 11.6 Å². The number of carbonyl (C=O) groups excluding carboxylic acids is 1. The number of nitrogens with zero attached hydrogens (tertiary/aromatic N) is 1. The third kappa shape index (κ3) is 3.54. The van der Waals surface area contributed by atoms with Crippen molar-refractivity contribution < 1.29 is 13.6 Å². The monoisotopic (exact) mass is 307 g/mol.